The van der Waals surface area contributed by atoms with Gasteiger partial charge in [0.1, 0.15) is 12.2 Å². The van der Waals surface area contributed by atoms with E-state index < -0.39 is 0 Å². The van der Waals surface area contributed by atoms with Gasteiger partial charge in [-0.3, -0.25) is 0 Å². The van der Waals surface area contributed by atoms with Gasteiger partial charge in [0.15, 0.2) is 0 Å². The van der Waals surface area contributed by atoms with Gasteiger partial charge in [0.2, 0.25) is 0 Å². The molecule has 0 spiro atoms. The molecule has 16 heavy (non-hydrogen) atoms. The Labute approximate surface area is 96.1 Å². The molecular formula is C10H22O6. The minimum atomic E-state index is -0.125. The second-order valence-electron chi connectivity index (χ2n) is 3.30. The summed E-state index contributed by atoms with van der Waals surface area (Å²) in [5, 5.41) is 15.2. The van der Waals surface area contributed by atoms with Crippen LogP contribution in [-0.2, 0) is 18.9 Å². The van der Waals surface area contributed by atoms with Crippen LogP contribution in [-0.4, -0.2) is 76.3 Å². The summed E-state index contributed by atoms with van der Waals surface area (Å²) in [4.78, 5) is 0. The molecule has 0 aromatic heterocycles. The highest BCUT2D eigenvalue weighted by Crippen LogP contribution is 2.12. The molecule has 0 saturated carbocycles. The van der Waals surface area contributed by atoms with Crippen LogP contribution in [0.15, 0.2) is 0 Å². The highest BCUT2D eigenvalue weighted by molar-refractivity contribution is 4.71. The SMILES string of the molecule is C(OCC1CO1)C1CO1.COC.OCCO. The lowest BCUT2D eigenvalue weighted by Gasteiger charge is -1.95. The van der Waals surface area contributed by atoms with Gasteiger partial charge >= 0.3 is 0 Å². The van der Waals surface area contributed by atoms with Crippen LogP contribution in [0, 0.1) is 0 Å². The number of ether oxygens (including phenoxy) is 4. The highest BCUT2D eigenvalue weighted by Gasteiger charge is 2.26. The number of hydrogen-bond acceptors (Lipinski definition) is 6. The molecule has 0 aromatic rings. The van der Waals surface area contributed by atoms with Gasteiger partial charge in [0.05, 0.1) is 39.6 Å². The fraction of sp³-hybridized carbons (Fsp3) is 1.00. The van der Waals surface area contributed by atoms with Crippen LogP contribution in [0.1, 0.15) is 0 Å². The van der Waals surface area contributed by atoms with E-state index in [9.17, 15) is 0 Å². The first-order chi connectivity index (χ1) is 7.78. The van der Waals surface area contributed by atoms with Crippen LogP contribution >= 0.6 is 0 Å². The number of aliphatic hydroxyl groups is 2. The number of rotatable bonds is 5. The molecule has 0 radical (unpaired) electrons. The van der Waals surface area contributed by atoms with E-state index in [-0.39, 0.29) is 13.2 Å². The lowest BCUT2D eigenvalue weighted by molar-refractivity contribution is 0.102. The normalized spacial score (nSPS) is 24.8. The van der Waals surface area contributed by atoms with Crippen LogP contribution in [0.4, 0.5) is 0 Å². The summed E-state index contributed by atoms with van der Waals surface area (Å²) >= 11 is 0. The first-order valence-electron chi connectivity index (χ1n) is 5.21. The second-order valence-corrected chi connectivity index (χ2v) is 3.30. The minimum absolute atomic E-state index is 0.125. The van der Waals surface area contributed by atoms with Crippen molar-refractivity contribution >= 4 is 0 Å². The second kappa shape index (κ2) is 11.3. The maximum absolute atomic E-state index is 7.62. The third-order valence-corrected chi connectivity index (χ3v) is 1.51. The molecule has 0 amide bonds. The Kier molecular flexibility index (Phi) is 11.1. The fourth-order valence-corrected chi connectivity index (χ4v) is 0.659. The molecule has 2 aliphatic rings. The van der Waals surface area contributed by atoms with Crippen molar-refractivity contribution < 1.29 is 29.2 Å². The molecule has 0 bridgehead atoms. The molecule has 2 saturated heterocycles. The fourth-order valence-electron chi connectivity index (χ4n) is 0.659. The van der Waals surface area contributed by atoms with E-state index in [1.807, 2.05) is 0 Å². The van der Waals surface area contributed by atoms with Gasteiger partial charge < -0.3 is 29.2 Å². The average Bonchev–Trinajstić information content (AvgIpc) is 3.13. The van der Waals surface area contributed by atoms with E-state index in [0.29, 0.717) is 12.2 Å². The van der Waals surface area contributed by atoms with Crippen LogP contribution in [0.3, 0.4) is 0 Å². The Morgan fingerprint density at radius 3 is 1.50 bits per heavy atom. The van der Waals surface area contributed by atoms with Gasteiger partial charge in [-0.25, -0.2) is 0 Å². The molecule has 6 nitrogen and oxygen atoms in total. The lowest BCUT2D eigenvalue weighted by atomic mass is 10.5. The van der Waals surface area contributed by atoms with Crippen molar-refractivity contribution in [1.29, 1.82) is 0 Å². The maximum atomic E-state index is 7.62. The van der Waals surface area contributed by atoms with Crippen molar-refractivity contribution in [1.82, 2.24) is 0 Å². The van der Waals surface area contributed by atoms with Gasteiger partial charge in [0.25, 0.3) is 0 Å². The molecule has 2 atom stereocenters. The molecule has 2 rings (SSSR count). The summed E-state index contributed by atoms with van der Waals surface area (Å²) in [5.41, 5.74) is 0. The Hall–Kier alpha value is -0.240. The Balaban J connectivity index is 0.000000275. The zero-order valence-electron chi connectivity index (χ0n) is 9.92. The number of methoxy groups -OCH3 is 1. The monoisotopic (exact) mass is 238 g/mol. The summed E-state index contributed by atoms with van der Waals surface area (Å²) in [6.07, 6.45) is 0.785. The zero-order valence-corrected chi connectivity index (χ0v) is 9.92. The number of hydrogen-bond donors (Lipinski definition) is 2. The van der Waals surface area contributed by atoms with Gasteiger partial charge in [-0.05, 0) is 0 Å². The predicted octanol–water partition coefficient (Wildman–Crippen LogP) is -0.966. The van der Waals surface area contributed by atoms with Crippen molar-refractivity contribution in [2.24, 2.45) is 0 Å². The average molecular weight is 238 g/mol. The van der Waals surface area contributed by atoms with Crippen LogP contribution in [0.25, 0.3) is 0 Å². The summed E-state index contributed by atoms with van der Waals surface area (Å²) in [6, 6.07) is 0. The van der Waals surface area contributed by atoms with E-state index in [1.54, 1.807) is 14.2 Å². The van der Waals surface area contributed by atoms with Crippen LogP contribution < -0.4 is 0 Å². The highest BCUT2D eigenvalue weighted by atomic mass is 16.6. The van der Waals surface area contributed by atoms with E-state index in [0.717, 1.165) is 26.4 Å². The molecule has 0 aliphatic carbocycles. The standard InChI is InChI=1S/C6H10O3.C2H6O2.C2H6O/c1(5-3-8-5)7-2-6-4-9-6;3-1-2-4;1-3-2/h5-6H,1-4H2;3-4H,1-2H2;1-2H3. The van der Waals surface area contributed by atoms with E-state index >= 15 is 0 Å². The third-order valence-electron chi connectivity index (χ3n) is 1.51. The zero-order chi connectivity index (χ0) is 12.2. The van der Waals surface area contributed by atoms with Gasteiger partial charge in [-0.1, -0.05) is 0 Å². The Bertz CT molecular complexity index is 121. The molecule has 2 aliphatic heterocycles. The molecule has 98 valence electrons. The Morgan fingerprint density at radius 2 is 1.31 bits per heavy atom. The van der Waals surface area contributed by atoms with Gasteiger partial charge in [-0.2, -0.15) is 0 Å². The van der Waals surface area contributed by atoms with Crippen molar-refractivity contribution in [2.75, 3.05) is 53.9 Å². The first-order valence-corrected chi connectivity index (χ1v) is 5.21. The number of aliphatic hydroxyl groups excluding tert-OH is 2. The van der Waals surface area contributed by atoms with Crippen LogP contribution in [0.5, 0.6) is 0 Å². The van der Waals surface area contributed by atoms with Crippen molar-refractivity contribution in [3.05, 3.63) is 0 Å². The van der Waals surface area contributed by atoms with Gasteiger partial charge in [-0.15, -0.1) is 0 Å². The molecule has 6 heteroatoms. The molecule has 2 N–H and O–H groups in total. The molecule has 2 fully saturated rings. The largest absolute Gasteiger partial charge is 0.394 e. The van der Waals surface area contributed by atoms with Gasteiger partial charge in [0, 0.05) is 14.2 Å². The maximum Gasteiger partial charge on any atom is 0.104 e. The predicted molar refractivity (Wildman–Crippen MR) is 57.4 cm³/mol. The summed E-state index contributed by atoms with van der Waals surface area (Å²) < 4.78 is 19.4. The quantitative estimate of drug-likeness (QED) is 0.600. The molecular weight excluding hydrogens is 216 g/mol. The smallest absolute Gasteiger partial charge is 0.104 e. The van der Waals surface area contributed by atoms with Crippen molar-refractivity contribution in [3.8, 4) is 0 Å². The van der Waals surface area contributed by atoms with Crippen LogP contribution in [0.2, 0.25) is 0 Å². The minimum Gasteiger partial charge on any atom is -0.394 e. The summed E-state index contributed by atoms with van der Waals surface area (Å²) in [5.74, 6) is 0. The lowest BCUT2D eigenvalue weighted by Crippen LogP contribution is -2.06. The van der Waals surface area contributed by atoms with E-state index in [2.05, 4.69) is 4.74 Å². The van der Waals surface area contributed by atoms with E-state index in [4.69, 9.17) is 24.4 Å². The molecule has 2 heterocycles. The summed E-state index contributed by atoms with van der Waals surface area (Å²) in [6.45, 7) is 3.01. The molecule has 0 aromatic carbocycles. The topological polar surface area (TPSA) is 84.0 Å². The number of epoxide rings is 2. The Morgan fingerprint density at radius 1 is 1.00 bits per heavy atom. The van der Waals surface area contributed by atoms with Crippen molar-refractivity contribution in [3.63, 3.8) is 0 Å². The summed E-state index contributed by atoms with van der Waals surface area (Å²) in [7, 11) is 3.25. The first kappa shape index (κ1) is 15.8. The molecule has 2 unspecified atom stereocenters. The third kappa shape index (κ3) is 13.8. The van der Waals surface area contributed by atoms with E-state index in [1.165, 1.54) is 0 Å². The van der Waals surface area contributed by atoms with Crippen molar-refractivity contribution in [2.45, 2.75) is 12.2 Å².